The fourth-order valence-electron chi connectivity index (χ4n) is 1.70. The maximum Gasteiger partial charge on any atom is 0.184 e. The molecule has 0 aliphatic heterocycles. The van der Waals surface area contributed by atoms with Crippen molar-refractivity contribution in [2.24, 2.45) is 0 Å². The van der Waals surface area contributed by atoms with E-state index in [-0.39, 0.29) is 5.78 Å². The molecule has 2 rings (SSSR count). The minimum absolute atomic E-state index is 0.0937. The molecule has 0 aliphatic carbocycles. The Balaban J connectivity index is 2.17. The number of hydrogen-bond donors (Lipinski definition) is 0. The van der Waals surface area contributed by atoms with Gasteiger partial charge in [0.2, 0.25) is 0 Å². The molecule has 2 aromatic rings. The average Bonchev–Trinajstić information content (AvgIpc) is 2.68. The van der Waals surface area contributed by atoms with E-state index in [1.807, 2.05) is 51.2 Å². The summed E-state index contributed by atoms with van der Waals surface area (Å²) in [5.74, 6) is 0.0937. The molecule has 0 saturated carbocycles. The molecule has 3 heteroatoms. The molecule has 1 aromatic heterocycles. The maximum atomic E-state index is 12.0. The SMILES string of the molecule is Cc1ccn(CC(=O)c2ccc(C)c(C)c2)n1. The van der Waals surface area contributed by atoms with Gasteiger partial charge in [0, 0.05) is 11.8 Å². The number of ketones is 1. The van der Waals surface area contributed by atoms with Crippen molar-refractivity contribution in [3.05, 3.63) is 52.8 Å². The standard InChI is InChI=1S/C14H16N2O/c1-10-4-5-13(8-11(10)2)14(17)9-16-7-6-12(3)15-16/h4-8H,9H2,1-3H3. The van der Waals surface area contributed by atoms with Crippen LogP contribution in [0.1, 0.15) is 27.2 Å². The minimum atomic E-state index is 0.0937. The lowest BCUT2D eigenvalue weighted by molar-refractivity contribution is 0.0967. The molecule has 0 saturated heterocycles. The summed E-state index contributed by atoms with van der Waals surface area (Å²) in [6.45, 7) is 6.28. The first-order valence-corrected chi connectivity index (χ1v) is 5.67. The highest BCUT2D eigenvalue weighted by atomic mass is 16.1. The fourth-order valence-corrected chi connectivity index (χ4v) is 1.70. The topological polar surface area (TPSA) is 34.9 Å². The largest absolute Gasteiger partial charge is 0.292 e. The number of aryl methyl sites for hydroxylation is 3. The van der Waals surface area contributed by atoms with Gasteiger partial charge in [0.15, 0.2) is 5.78 Å². The van der Waals surface area contributed by atoms with Crippen LogP contribution in [-0.2, 0) is 6.54 Å². The van der Waals surface area contributed by atoms with Gasteiger partial charge in [0.05, 0.1) is 5.69 Å². The highest BCUT2D eigenvalue weighted by molar-refractivity contribution is 5.96. The van der Waals surface area contributed by atoms with Crippen LogP contribution in [0, 0.1) is 20.8 Å². The number of rotatable bonds is 3. The van der Waals surface area contributed by atoms with Crippen molar-refractivity contribution in [2.45, 2.75) is 27.3 Å². The van der Waals surface area contributed by atoms with Crippen LogP contribution in [0.3, 0.4) is 0 Å². The van der Waals surface area contributed by atoms with Crippen LogP contribution in [0.4, 0.5) is 0 Å². The molecular formula is C14H16N2O. The Hall–Kier alpha value is -1.90. The summed E-state index contributed by atoms with van der Waals surface area (Å²) in [6.07, 6.45) is 1.83. The van der Waals surface area contributed by atoms with E-state index in [1.54, 1.807) is 4.68 Å². The van der Waals surface area contributed by atoms with Gasteiger partial charge < -0.3 is 0 Å². The van der Waals surface area contributed by atoms with Crippen LogP contribution in [0.25, 0.3) is 0 Å². The van der Waals surface area contributed by atoms with E-state index < -0.39 is 0 Å². The van der Waals surface area contributed by atoms with E-state index in [9.17, 15) is 4.79 Å². The van der Waals surface area contributed by atoms with Gasteiger partial charge >= 0.3 is 0 Å². The molecule has 17 heavy (non-hydrogen) atoms. The second-order valence-electron chi connectivity index (χ2n) is 4.38. The number of nitrogens with zero attached hydrogens (tertiary/aromatic N) is 2. The summed E-state index contributed by atoms with van der Waals surface area (Å²) in [5.41, 5.74) is 4.03. The number of Topliss-reactive ketones (excluding diaryl/α,β-unsaturated/α-hetero) is 1. The highest BCUT2D eigenvalue weighted by Crippen LogP contribution is 2.11. The summed E-state index contributed by atoms with van der Waals surface area (Å²) >= 11 is 0. The van der Waals surface area contributed by atoms with Gasteiger partial charge in [0.25, 0.3) is 0 Å². The second kappa shape index (κ2) is 4.53. The predicted molar refractivity (Wildman–Crippen MR) is 67.2 cm³/mol. The molecule has 1 aromatic carbocycles. The van der Waals surface area contributed by atoms with Gasteiger partial charge in [-0.3, -0.25) is 9.48 Å². The van der Waals surface area contributed by atoms with Gasteiger partial charge in [-0.25, -0.2) is 0 Å². The van der Waals surface area contributed by atoms with Crippen LogP contribution in [0.15, 0.2) is 30.5 Å². The van der Waals surface area contributed by atoms with Crippen molar-refractivity contribution in [3.8, 4) is 0 Å². The molecule has 0 unspecified atom stereocenters. The van der Waals surface area contributed by atoms with Crippen molar-refractivity contribution in [3.63, 3.8) is 0 Å². The van der Waals surface area contributed by atoms with E-state index in [4.69, 9.17) is 0 Å². The molecule has 3 nitrogen and oxygen atoms in total. The summed E-state index contributed by atoms with van der Waals surface area (Å²) in [7, 11) is 0. The van der Waals surface area contributed by atoms with Gasteiger partial charge in [0.1, 0.15) is 6.54 Å². The molecule has 0 fully saturated rings. The third kappa shape index (κ3) is 2.61. The molecule has 0 amide bonds. The molecule has 88 valence electrons. The lowest BCUT2D eigenvalue weighted by atomic mass is 10.0. The van der Waals surface area contributed by atoms with Crippen LogP contribution >= 0.6 is 0 Å². The molecule has 0 aliphatic rings. The molecule has 0 N–H and O–H groups in total. The fraction of sp³-hybridized carbons (Fsp3) is 0.286. The molecule has 1 heterocycles. The van der Waals surface area contributed by atoms with Crippen molar-refractivity contribution in [1.29, 1.82) is 0 Å². The van der Waals surface area contributed by atoms with E-state index in [0.29, 0.717) is 6.54 Å². The van der Waals surface area contributed by atoms with Crippen molar-refractivity contribution in [2.75, 3.05) is 0 Å². The summed E-state index contributed by atoms with van der Waals surface area (Å²) < 4.78 is 1.67. The van der Waals surface area contributed by atoms with E-state index in [2.05, 4.69) is 5.10 Å². The van der Waals surface area contributed by atoms with Crippen LogP contribution < -0.4 is 0 Å². The Morgan fingerprint density at radius 1 is 1.18 bits per heavy atom. The molecule has 0 spiro atoms. The van der Waals surface area contributed by atoms with Crippen LogP contribution in [0.2, 0.25) is 0 Å². The van der Waals surface area contributed by atoms with E-state index in [1.165, 1.54) is 5.56 Å². The van der Waals surface area contributed by atoms with Crippen LogP contribution in [-0.4, -0.2) is 15.6 Å². The first kappa shape index (κ1) is 11.6. The molecule has 0 atom stereocenters. The lowest BCUT2D eigenvalue weighted by Gasteiger charge is -2.04. The highest BCUT2D eigenvalue weighted by Gasteiger charge is 2.08. The number of aromatic nitrogens is 2. The summed E-state index contributed by atoms with van der Waals surface area (Å²) in [4.78, 5) is 12.0. The number of hydrogen-bond acceptors (Lipinski definition) is 2. The Kier molecular flexibility index (Phi) is 3.09. The van der Waals surface area contributed by atoms with Crippen molar-refractivity contribution < 1.29 is 4.79 Å². The van der Waals surface area contributed by atoms with Gasteiger partial charge in [-0.2, -0.15) is 5.10 Å². The van der Waals surface area contributed by atoms with Gasteiger partial charge in [-0.15, -0.1) is 0 Å². The molecular weight excluding hydrogens is 212 g/mol. The zero-order valence-corrected chi connectivity index (χ0v) is 10.4. The third-order valence-corrected chi connectivity index (χ3v) is 2.91. The van der Waals surface area contributed by atoms with Crippen LogP contribution in [0.5, 0.6) is 0 Å². The van der Waals surface area contributed by atoms with Crippen molar-refractivity contribution >= 4 is 5.78 Å². The number of carbonyl (C=O) groups is 1. The quantitative estimate of drug-likeness (QED) is 0.757. The van der Waals surface area contributed by atoms with Crippen molar-refractivity contribution in [1.82, 2.24) is 9.78 Å². The molecule has 0 radical (unpaired) electrons. The zero-order chi connectivity index (χ0) is 12.4. The Morgan fingerprint density at radius 2 is 1.94 bits per heavy atom. The maximum absolute atomic E-state index is 12.0. The molecule has 0 bridgehead atoms. The Bertz CT molecular complexity index is 555. The number of carbonyl (C=O) groups excluding carboxylic acids is 1. The second-order valence-corrected chi connectivity index (χ2v) is 4.38. The third-order valence-electron chi connectivity index (χ3n) is 2.91. The van der Waals surface area contributed by atoms with Gasteiger partial charge in [-0.05, 0) is 44.0 Å². The summed E-state index contributed by atoms with van der Waals surface area (Å²) in [6, 6.07) is 7.69. The summed E-state index contributed by atoms with van der Waals surface area (Å²) in [5, 5.41) is 4.21. The lowest BCUT2D eigenvalue weighted by Crippen LogP contribution is -2.11. The monoisotopic (exact) mass is 228 g/mol. The first-order valence-electron chi connectivity index (χ1n) is 5.67. The van der Waals surface area contributed by atoms with Gasteiger partial charge in [-0.1, -0.05) is 12.1 Å². The minimum Gasteiger partial charge on any atom is -0.292 e. The Morgan fingerprint density at radius 3 is 2.53 bits per heavy atom. The Labute approximate surface area is 101 Å². The normalized spacial score (nSPS) is 10.5. The predicted octanol–water partition coefficient (Wildman–Crippen LogP) is 2.69. The smallest absolute Gasteiger partial charge is 0.184 e. The number of benzene rings is 1. The van der Waals surface area contributed by atoms with E-state index >= 15 is 0 Å². The average molecular weight is 228 g/mol. The first-order chi connectivity index (χ1) is 8.06. The van der Waals surface area contributed by atoms with E-state index in [0.717, 1.165) is 16.8 Å². The zero-order valence-electron chi connectivity index (χ0n) is 10.4.